The molecular formula is C15H20N2O. The summed E-state index contributed by atoms with van der Waals surface area (Å²) < 4.78 is 0. The first-order valence-electron chi connectivity index (χ1n) is 6.44. The summed E-state index contributed by atoms with van der Waals surface area (Å²) in [6.07, 6.45) is 4.73. The van der Waals surface area contributed by atoms with Gasteiger partial charge in [0.25, 0.3) is 0 Å². The van der Waals surface area contributed by atoms with Gasteiger partial charge in [-0.25, -0.2) is 0 Å². The maximum absolute atomic E-state index is 8.87. The number of nitrogens with two attached hydrogens (primary N) is 1. The third-order valence-corrected chi connectivity index (χ3v) is 3.35. The van der Waals surface area contributed by atoms with Gasteiger partial charge in [-0.2, -0.15) is 0 Å². The third kappa shape index (κ3) is 2.68. The van der Waals surface area contributed by atoms with Crippen molar-refractivity contribution in [2.24, 2.45) is 5.73 Å². The Labute approximate surface area is 108 Å². The van der Waals surface area contributed by atoms with E-state index < -0.39 is 0 Å². The molecule has 3 N–H and O–H groups in total. The summed E-state index contributed by atoms with van der Waals surface area (Å²) in [4.78, 5) is 4.46. The van der Waals surface area contributed by atoms with Gasteiger partial charge >= 0.3 is 0 Å². The van der Waals surface area contributed by atoms with E-state index in [4.69, 9.17) is 10.8 Å². The number of aromatic nitrogens is 1. The quantitative estimate of drug-likeness (QED) is 0.793. The van der Waals surface area contributed by atoms with Crippen LogP contribution in [0.1, 0.15) is 29.7 Å². The molecule has 2 aromatic rings. The standard InChI is InChI=1S/C15H20N2O/c1-11-14(4-2-3-7-18)15-6-5-12(9-16)8-13(15)10-17-11/h5-6,8,10,18H,2-4,7,9,16H2,1H3. The average Bonchev–Trinajstić information content (AvgIpc) is 2.41. The molecule has 0 aliphatic carbocycles. The smallest absolute Gasteiger partial charge is 0.0431 e. The average molecular weight is 244 g/mol. The summed E-state index contributed by atoms with van der Waals surface area (Å²) in [6.45, 7) is 2.86. The van der Waals surface area contributed by atoms with Crippen LogP contribution in [0.3, 0.4) is 0 Å². The van der Waals surface area contributed by atoms with Gasteiger partial charge in [-0.05, 0) is 48.8 Å². The summed E-state index contributed by atoms with van der Waals surface area (Å²) in [5, 5.41) is 11.3. The molecule has 2 rings (SSSR count). The van der Waals surface area contributed by atoms with Crippen LogP contribution in [0.4, 0.5) is 0 Å². The van der Waals surface area contributed by atoms with Gasteiger partial charge in [0, 0.05) is 30.4 Å². The van der Waals surface area contributed by atoms with Crippen LogP contribution in [-0.4, -0.2) is 16.7 Å². The fourth-order valence-electron chi connectivity index (χ4n) is 2.29. The van der Waals surface area contributed by atoms with Crippen molar-refractivity contribution in [3.8, 4) is 0 Å². The van der Waals surface area contributed by atoms with E-state index in [0.29, 0.717) is 6.54 Å². The Bertz CT molecular complexity index is 537. The Kier molecular flexibility index (Phi) is 4.28. The van der Waals surface area contributed by atoms with Crippen molar-refractivity contribution in [3.63, 3.8) is 0 Å². The molecular weight excluding hydrogens is 224 g/mol. The summed E-state index contributed by atoms with van der Waals surface area (Å²) in [5.74, 6) is 0. The number of fused-ring (bicyclic) bond motifs is 1. The Morgan fingerprint density at radius 2 is 2.11 bits per heavy atom. The van der Waals surface area contributed by atoms with Crippen molar-refractivity contribution in [1.82, 2.24) is 4.98 Å². The molecule has 0 atom stereocenters. The predicted molar refractivity (Wildman–Crippen MR) is 74.4 cm³/mol. The van der Waals surface area contributed by atoms with Crippen LogP contribution >= 0.6 is 0 Å². The first kappa shape index (κ1) is 13.0. The first-order chi connectivity index (χ1) is 8.76. The van der Waals surface area contributed by atoms with E-state index in [1.165, 1.54) is 10.9 Å². The topological polar surface area (TPSA) is 59.1 Å². The molecule has 0 radical (unpaired) electrons. The zero-order valence-electron chi connectivity index (χ0n) is 10.8. The zero-order chi connectivity index (χ0) is 13.0. The Morgan fingerprint density at radius 3 is 2.83 bits per heavy atom. The minimum Gasteiger partial charge on any atom is -0.396 e. The lowest BCUT2D eigenvalue weighted by Crippen LogP contribution is -1.99. The van der Waals surface area contributed by atoms with E-state index in [9.17, 15) is 0 Å². The highest BCUT2D eigenvalue weighted by atomic mass is 16.2. The number of pyridine rings is 1. The van der Waals surface area contributed by atoms with Crippen LogP contribution < -0.4 is 5.73 Å². The summed E-state index contributed by atoms with van der Waals surface area (Å²) >= 11 is 0. The lowest BCUT2D eigenvalue weighted by Gasteiger charge is -2.10. The van der Waals surface area contributed by atoms with Gasteiger partial charge in [-0.3, -0.25) is 4.98 Å². The number of hydrogen-bond donors (Lipinski definition) is 2. The van der Waals surface area contributed by atoms with Gasteiger partial charge in [0.1, 0.15) is 0 Å². The van der Waals surface area contributed by atoms with Crippen LogP contribution in [0.15, 0.2) is 24.4 Å². The minimum absolute atomic E-state index is 0.258. The van der Waals surface area contributed by atoms with Crippen molar-refractivity contribution in [3.05, 3.63) is 41.2 Å². The molecule has 3 heteroatoms. The molecule has 0 aliphatic heterocycles. The molecule has 0 saturated heterocycles. The number of aliphatic hydroxyl groups is 1. The van der Waals surface area contributed by atoms with E-state index >= 15 is 0 Å². The zero-order valence-corrected chi connectivity index (χ0v) is 10.8. The molecule has 0 saturated carbocycles. The van der Waals surface area contributed by atoms with Crippen molar-refractivity contribution >= 4 is 10.8 Å². The second kappa shape index (κ2) is 5.94. The molecule has 1 heterocycles. The van der Waals surface area contributed by atoms with Gasteiger partial charge in [0.05, 0.1) is 0 Å². The lowest BCUT2D eigenvalue weighted by atomic mass is 9.98. The number of unbranched alkanes of at least 4 members (excludes halogenated alkanes) is 1. The fraction of sp³-hybridized carbons (Fsp3) is 0.400. The molecule has 0 spiro atoms. The highest BCUT2D eigenvalue weighted by Crippen LogP contribution is 2.23. The van der Waals surface area contributed by atoms with E-state index in [0.717, 1.165) is 35.9 Å². The van der Waals surface area contributed by atoms with E-state index in [1.807, 2.05) is 13.1 Å². The molecule has 0 aliphatic rings. The second-order valence-corrected chi connectivity index (χ2v) is 4.63. The predicted octanol–water partition coefficient (Wildman–Crippen LogP) is 2.32. The number of benzene rings is 1. The van der Waals surface area contributed by atoms with Gasteiger partial charge in [0.15, 0.2) is 0 Å². The first-order valence-corrected chi connectivity index (χ1v) is 6.44. The van der Waals surface area contributed by atoms with Crippen molar-refractivity contribution in [2.75, 3.05) is 6.61 Å². The van der Waals surface area contributed by atoms with Crippen molar-refractivity contribution in [1.29, 1.82) is 0 Å². The maximum atomic E-state index is 8.87. The van der Waals surface area contributed by atoms with Crippen LogP contribution in [-0.2, 0) is 13.0 Å². The molecule has 0 amide bonds. The summed E-state index contributed by atoms with van der Waals surface area (Å²) in [6, 6.07) is 6.33. The largest absolute Gasteiger partial charge is 0.396 e. The highest BCUT2D eigenvalue weighted by molar-refractivity contribution is 5.86. The Morgan fingerprint density at radius 1 is 1.28 bits per heavy atom. The number of aliphatic hydroxyl groups excluding tert-OH is 1. The fourth-order valence-corrected chi connectivity index (χ4v) is 2.29. The monoisotopic (exact) mass is 244 g/mol. The molecule has 0 unspecified atom stereocenters. The number of nitrogens with zero attached hydrogens (tertiary/aromatic N) is 1. The molecule has 0 fully saturated rings. The molecule has 3 nitrogen and oxygen atoms in total. The Balaban J connectivity index is 2.40. The molecule has 18 heavy (non-hydrogen) atoms. The molecule has 1 aromatic carbocycles. The minimum atomic E-state index is 0.258. The number of hydrogen-bond acceptors (Lipinski definition) is 3. The molecule has 0 bridgehead atoms. The van der Waals surface area contributed by atoms with Crippen molar-refractivity contribution in [2.45, 2.75) is 32.7 Å². The third-order valence-electron chi connectivity index (χ3n) is 3.35. The highest BCUT2D eigenvalue weighted by Gasteiger charge is 2.06. The summed E-state index contributed by atoms with van der Waals surface area (Å²) in [7, 11) is 0. The van der Waals surface area contributed by atoms with Crippen molar-refractivity contribution < 1.29 is 5.11 Å². The summed E-state index contributed by atoms with van der Waals surface area (Å²) in [5.41, 5.74) is 9.17. The van der Waals surface area contributed by atoms with E-state index in [2.05, 4.69) is 23.2 Å². The van der Waals surface area contributed by atoms with Gasteiger partial charge in [-0.15, -0.1) is 0 Å². The van der Waals surface area contributed by atoms with Crippen LogP contribution in [0, 0.1) is 6.92 Å². The Hall–Kier alpha value is -1.45. The maximum Gasteiger partial charge on any atom is 0.0431 e. The van der Waals surface area contributed by atoms with Gasteiger partial charge < -0.3 is 10.8 Å². The lowest BCUT2D eigenvalue weighted by molar-refractivity contribution is 0.284. The van der Waals surface area contributed by atoms with E-state index in [1.54, 1.807) is 0 Å². The van der Waals surface area contributed by atoms with E-state index in [-0.39, 0.29) is 6.61 Å². The second-order valence-electron chi connectivity index (χ2n) is 4.63. The van der Waals surface area contributed by atoms with Crippen LogP contribution in [0.5, 0.6) is 0 Å². The SMILES string of the molecule is Cc1ncc2cc(CN)ccc2c1CCCCO. The number of aryl methyl sites for hydroxylation is 2. The van der Waals surface area contributed by atoms with Gasteiger partial charge in [0.2, 0.25) is 0 Å². The molecule has 1 aromatic heterocycles. The van der Waals surface area contributed by atoms with Gasteiger partial charge in [-0.1, -0.05) is 12.1 Å². The molecule has 96 valence electrons. The normalized spacial score (nSPS) is 11.1. The van der Waals surface area contributed by atoms with Crippen LogP contribution in [0.25, 0.3) is 10.8 Å². The number of rotatable bonds is 5. The van der Waals surface area contributed by atoms with Crippen LogP contribution in [0.2, 0.25) is 0 Å².